The molecule has 0 spiro atoms. The van der Waals surface area contributed by atoms with E-state index in [1.165, 1.54) is 6.07 Å². The Hall–Kier alpha value is -1.22. The molecule has 20 heavy (non-hydrogen) atoms. The smallest absolute Gasteiger partial charge is 0.243 e. The van der Waals surface area contributed by atoms with Gasteiger partial charge in [0.2, 0.25) is 10.0 Å². The van der Waals surface area contributed by atoms with Gasteiger partial charge in [0.05, 0.1) is 5.60 Å². The van der Waals surface area contributed by atoms with Crippen LogP contribution in [0.5, 0.6) is 0 Å². The highest BCUT2D eigenvalue weighted by Crippen LogP contribution is 2.21. The minimum absolute atomic E-state index is 0.143. The van der Waals surface area contributed by atoms with Gasteiger partial charge in [-0.2, -0.15) is 0 Å². The van der Waals surface area contributed by atoms with E-state index in [0.29, 0.717) is 26.1 Å². The predicted octanol–water partition coefficient (Wildman–Crippen LogP) is 0.228. The number of rotatable bonds is 4. The first-order valence-electron chi connectivity index (χ1n) is 6.17. The summed E-state index contributed by atoms with van der Waals surface area (Å²) in [6, 6.07) is 3.35. The normalized spacial score (nSPS) is 18.9. The molecule has 0 aromatic heterocycles. The van der Waals surface area contributed by atoms with Gasteiger partial charge in [-0.25, -0.2) is 17.5 Å². The van der Waals surface area contributed by atoms with Gasteiger partial charge in [-0.15, -0.1) is 0 Å². The van der Waals surface area contributed by atoms with Crippen molar-refractivity contribution in [3.63, 3.8) is 0 Å². The van der Waals surface area contributed by atoms with Crippen LogP contribution in [0.3, 0.4) is 0 Å². The molecule has 1 aliphatic rings. The first kappa shape index (κ1) is 15.2. The average molecular weight is 304 g/mol. The first-order valence-corrected chi connectivity index (χ1v) is 7.66. The standard InChI is InChI=1S/C12H17FN2O4S/c13-10-7-9(14)1-2-11(10)20(17,18)15-8-12(16)3-5-19-6-4-12/h1-2,7,15-16H,3-6,8,14H2. The SMILES string of the molecule is Nc1ccc(S(=O)(=O)NCC2(O)CCOCC2)c(F)c1. The summed E-state index contributed by atoms with van der Waals surface area (Å²) in [4.78, 5) is -0.484. The van der Waals surface area contributed by atoms with E-state index in [1.54, 1.807) is 0 Å². The molecule has 0 bridgehead atoms. The fourth-order valence-electron chi connectivity index (χ4n) is 1.97. The molecule has 0 atom stereocenters. The van der Waals surface area contributed by atoms with Crippen LogP contribution in [0.2, 0.25) is 0 Å². The number of anilines is 1. The molecular formula is C12H17FN2O4S. The van der Waals surface area contributed by atoms with E-state index in [4.69, 9.17) is 10.5 Å². The Labute approximate surface area is 116 Å². The maximum Gasteiger partial charge on any atom is 0.243 e. The molecule has 112 valence electrons. The van der Waals surface area contributed by atoms with Crippen LogP contribution in [0.1, 0.15) is 12.8 Å². The number of ether oxygens (including phenoxy) is 1. The third kappa shape index (κ3) is 3.45. The monoisotopic (exact) mass is 304 g/mol. The van der Waals surface area contributed by atoms with Crippen molar-refractivity contribution in [1.82, 2.24) is 4.72 Å². The van der Waals surface area contributed by atoms with Gasteiger partial charge in [-0.1, -0.05) is 0 Å². The zero-order valence-electron chi connectivity index (χ0n) is 10.8. The van der Waals surface area contributed by atoms with Crippen LogP contribution in [0.4, 0.5) is 10.1 Å². The molecule has 0 saturated carbocycles. The highest BCUT2D eigenvalue weighted by atomic mass is 32.2. The zero-order valence-corrected chi connectivity index (χ0v) is 11.6. The van der Waals surface area contributed by atoms with Crippen molar-refractivity contribution in [3.05, 3.63) is 24.0 Å². The maximum atomic E-state index is 13.6. The molecule has 2 rings (SSSR count). The van der Waals surface area contributed by atoms with Crippen LogP contribution in [0, 0.1) is 5.82 Å². The van der Waals surface area contributed by atoms with Crippen molar-refractivity contribution < 1.29 is 22.7 Å². The lowest BCUT2D eigenvalue weighted by molar-refractivity contribution is -0.0588. The van der Waals surface area contributed by atoms with Crippen LogP contribution in [0.15, 0.2) is 23.1 Å². The van der Waals surface area contributed by atoms with Gasteiger partial charge in [0, 0.05) is 38.3 Å². The number of benzene rings is 1. The Morgan fingerprint density at radius 2 is 2.05 bits per heavy atom. The van der Waals surface area contributed by atoms with E-state index in [-0.39, 0.29) is 12.2 Å². The lowest BCUT2D eigenvalue weighted by atomic mass is 9.95. The lowest BCUT2D eigenvalue weighted by Gasteiger charge is -2.31. The molecule has 1 aromatic carbocycles. The van der Waals surface area contributed by atoms with Crippen molar-refractivity contribution >= 4 is 15.7 Å². The van der Waals surface area contributed by atoms with Gasteiger partial charge >= 0.3 is 0 Å². The topological polar surface area (TPSA) is 102 Å². The molecule has 0 radical (unpaired) electrons. The fourth-order valence-corrected chi connectivity index (χ4v) is 3.15. The molecular weight excluding hydrogens is 287 g/mol. The second-order valence-corrected chi connectivity index (χ2v) is 6.59. The van der Waals surface area contributed by atoms with E-state index in [1.807, 2.05) is 0 Å². The van der Waals surface area contributed by atoms with Gasteiger partial charge in [0.1, 0.15) is 10.7 Å². The average Bonchev–Trinajstić information content (AvgIpc) is 2.37. The maximum absolute atomic E-state index is 13.6. The molecule has 1 fully saturated rings. The summed E-state index contributed by atoms with van der Waals surface area (Å²) in [5.74, 6) is -0.920. The van der Waals surface area contributed by atoms with E-state index < -0.39 is 26.3 Å². The van der Waals surface area contributed by atoms with Crippen molar-refractivity contribution in [2.24, 2.45) is 0 Å². The number of nitrogens with two attached hydrogens (primary N) is 1. The second kappa shape index (κ2) is 5.65. The van der Waals surface area contributed by atoms with Gasteiger partial charge in [0.15, 0.2) is 0 Å². The summed E-state index contributed by atoms with van der Waals surface area (Å²) in [5.41, 5.74) is 4.36. The quantitative estimate of drug-likeness (QED) is 0.691. The van der Waals surface area contributed by atoms with Crippen LogP contribution in [-0.2, 0) is 14.8 Å². The van der Waals surface area contributed by atoms with Gasteiger partial charge in [0.25, 0.3) is 0 Å². The molecule has 0 amide bonds. The van der Waals surface area contributed by atoms with E-state index in [2.05, 4.69) is 4.72 Å². The Bertz CT molecular complexity index is 585. The number of sulfonamides is 1. The molecule has 1 saturated heterocycles. The summed E-state index contributed by atoms with van der Waals surface area (Å²) < 4.78 is 45.0. The van der Waals surface area contributed by atoms with E-state index >= 15 is 0 Å². The van der Waals surface area contributed by atoms with Crippen LogP contribution in [-0.4, -0.2) is 38.9 Å². The molecule has 6 nitrogen and oxygen atoms in total. The molecule has 1 heterocycles. The van der Waals surface area contributed by atoms with Gasteiger partial charge in [-0.05, 0) is 18.2 Å². The summed E-state index contributed by atoms with van der Waals surface area (Å²) in [6.07, 6.45) is 0.666. The van der Waals surface area contributed by atoms with Crippen molar-refractivity contribution in [2.75, 3.05) is 25.5 Å². The number of halogens is 1. The van der Waals surface area contributed by atoms with Gasteiger partial charge in [-0.3, -0.25) is 0 Å². The highest BCUT2D eigenvalue weighted by molar-refractivity contribution is 7.89. The molecule has 8 heteroatoms. The molecule has 1 aliphatic heterocycles. The number of nitrogens with one attached hydrogen (secondary N) is 1. The predicted molar refractivity (Wildman–Crippen MR) is 71.0 cm³/mol. The van der Waals surface area contributed by atoms with Crippen molar-refractivity contribution in [1.29, 1.82) is 0 Å². The van der Waals surface area contributed by atoms with Gasteiger partial charge < -0.3 is 15.6 Å². The Balaban J connectivity index is 2.11. The number of hydrogen-bond donors (Lipinski definition) is 3. The number of hydrogen-bond acceptors (Lipinski definition) is 5. The summed E-state index contributed by atoms with van der Waals surface area (Å²) in [5, 5.41) is 10.2. The molecule has 1 aromatic rings. The Kier molecular flexibility index (Phi) is 4.28. The van der Waals surface area contributed by atoms with Crippen molar-refractivity contribution in [3.8, 4) is 0 Å². The van der Waals surface area contributed by atoms with Crippen molar-refractivity contribution in [2.45, 2.75) is 23.3 Å². The summed E-state index contributed by atoms with van der Waals surface area (Å²) in [6.45, 7) is 0.561. The Morgan fingerprint density at radius 3 is 2.65 bits per heavy atom. The molecule has 0 unspecified atom stereocenters. The third-order valence-electron chi connectivity index (χ3n) is 3.26. The van der Waals surface area contributed by atoms with E-state index in [0.717, 1.165) is 12.1 Å². The number of nitrogen functional groups attached to an aromatic ring is 1. The third-order valence-corrected chi connectivity index (χ3v) is 4.69. The second-order valence-electron chi connectivity index (χ2n) is 4.85. The number of aliphatic hydroxyl groups is 1. The molecule has 4 N–H and O–H groups in total. The largest absolute Gasteiger partial charge is 0.399 e. The van der Waals surface area contributed by atoms with Crippen LogP contribution >= 0.6 is 0 Å². The highest BCUT2D eigenvalue weighted by Gasteiger charge is 2.32. The van der Waals surface area contributed by atoms with Crippen LogP contribution in [0.25, 0.3) is 0 Å². The zero-order chi connectivity index (χ0) is 14.8. The molecule has 0 aliphatic carbocycles. The summed E-state index contributed by atoms with van der Waals surface area (Å²) in [7, 11) is -4.03. The fraction of sp³-hybridized carbons (Fsp3) is 0.500. The minimum atomic E-state index is -4.03. The summed E-state index contributed by atoms with van der Waals surface area (Å²) >= 11 is 0. The minimum Gasteiger partial charge on any atom is -0.399 e. The lowest BCUT2D eigenvalue weighted by Crippen LogP contribution is -2.46. The van der Waals surface area contributed by atoms with E-state index in [9.17, 15) is 17.9 Å². The van der Waals surface area contributed by atoms with Crippen LogP contribution < -0.4 is 10.5 Å². The first-order chi connectivity index (χ1) is 9.32. The Morgan fingerprint density at radius 1 is 1.40 bits per heavy atom.